The van der Waals surface area contributed by atoms with E-state index in [9.17, 15) is 9.59 Å². The lowest BCUT2D eigenvalue weighted by Gasteiger charge is -2.18. The van der Waals surface area contributed by atoms with Crippen molar-refractivity contribution in [1.29, 1.82) is 0 Å². The first kappa shape index (κ1) is 13.9. The van der Waals surface area contributed by atoms with Crippen LogP contribution in [0.25, 0.3) is 0 Å². The van der Waals surface area contributed by atoms with Gasteiger partial charge in [-0.25, -0.2) is 0 Å². The Bertz CT molecular complexity index is 230. The summed E-state index contributed by atoms with van der Waals surface area (Å²) in [5.74, 6) is -0.961. The van der Waals surface area contributed by atoms with Crippen molar-refractivity contribution in [2.75, 3.05) is 0 Å². The third-order valence-electron chi connectivity index (χ3n) is 1.99. The Hall–Kier alpha value is -1.06. The second kappa shape index (κ2) is 5.73. The van der Waals surface area contributed by atoms with Crippen LogP contribution in [0.2, 0.25) is 0 Å². The number of nitrogens with one attached hydrogen (secondary N) is 1. The van der Waals surface area contributed by atoms with E-state index in [-0.39, 0.29) is 23.8 Å². The average Bonchev–Trinajstić information content (AvgIpc) is 1.97. The molecule has 88 valence electrons. The molecular weight excluding hydrogens is 194 g/mol. The van der Waals surface area contributed by atoms with Gasteiger partial charge in [0.05, 0.1) is 6.42 Å². The van der Waals surface area contributed by atoms with Crippen LogP contribution in [0.1, 0.15) is 47.0 Å². The van der Waals surface area contributed by atoms with Crippen molar-refractivity contribution in [1.82, 2.24) is 5.32 Å². The predicted molar refractivity (Wildman–Crippen MR) is 58.5 cm³/mol. The Morgan fingerprint density at radius 1 is 1.33 bits per heavy atom. The molecule has 0 spiro atoms. The number of hydrogen-bond acceptors (Lipinski definition) is 2. The van der Waals surface area contributed by atoms with E-state index in [0.717, 1.165) is 6.42 Å². The van der Waals surface area contributed by atoms with Gasteiger partial charge in [-0.05, 0) is 18.8 Å². The Balaban J connectivity index is 3.79. The fraction of sp³-hybridized carbons (Fsp3) is 0.818. The van der Waals surface area contributed by atoms with Crippen LogP contribution in [0, 0.1) is 5.41 Å². The highest BCUT2D eigenvalue weighted by atomic mass is 16.4. The van der Waals surface area contributed by atoms with Gasteiger partial charge in [0.25, 0.3) is 0 Å². The maximum Gasteiger partial charge on any atom is 0.305 e. The van der Waals surface area contributed by atoms with Gasteiger partial charge in [-0.1, -0.05) is 20.8 Å². The largest absolute Gasteiger partial charge is 0.481 e. The van der Waals surface area contributed by atoms with Crippen molar-refractivity contribution < 1.29 is 14.7 Å². The van der Waals surface area contributed by atoms with Gasteiger partial charge in [-0.3, -0.25) is 9.59 Å². The zero-order valence-electron chi connectivity index (χ0n) is 9.96. The van der Waals surface area contributed by atoms with E-state index in [1.165, 1.54) is 0 Å². The minimum atomic E-state index is -0.890. The van der Waals surface area contributed by atoms with E-state index >= 15 is 0 Å². The van der Waals surface area contributed by atoms with E-state index in [1.807, 2.05) is 0 Å². The van der Waals surface area contributed by atoms with Crippen LogP contribution in [0.15, 0.2) is 0 Å². The summed E-state index contributed by atoms with van der Waals surface area (Å²) in [7, 11) is 0. The van der Waals surface area contributed by atoms with Crippen molar-refractivity contribution in [2.45, 2.75) is 53.0 Å². The first-order valence-electron chi connectivity index (χ1n) is 5.22. The van der Waals surface area contributed by atoms with Gasteiger partial charge < -0.3 is 10.4 Å². The maximum absolute atomic E-state index is 11.4. The lowest BCUT2D eigenvalue weighted by molar-refractivity contribution is -0.137. The van der Waals surface area contributed by atoms with E-state index in [0.29, 0.717) is 6.42 Å². The molecule has 0 fully saturated rings. The number of carboxylic acid groups (broad SMARTS) is 1. The molecule has 0 aliphatic carbocycles. The molecule has 0 radical (unpaired) electrons. The normalized spacial score (nSPS) is 13.3. The van der Waals surface area contributed by atoms with Gasteiger partial charge >= 0.3 is 5.97 Å². The summed E-state index contributed by atoms with van der Waals surface area (Å²) in [6, 6.07) is -0.296. The summed E-state index contributed by atoms with van der Waals surface area (Å²) in [4.78, 5) is 21.7. The number of rotatable bonds is 5. The molecule has 0 aromatic heterocycles. The third kappa shape index (κ3) is 9.25. The van der Waals surface area contributed by atoms with Crippen molar-refractivity contribution in [3.05, 3.63) is 0 Å². The molecule has 0 aromatic carbocycles. The van der Waals surface area contributed by atoms with Crippen LogP contribution >= 0.6 is 0 Å². The molecule has 4 nitrogen and oxygen atoms in total. The molecule has 0 bridgehead atoms. The van der Waals surface area contributed by atoms with Crippen molar-refractivity contribution in [3.8, 4) is 0 Å². The van der Waals surface area contributed by atoms with Crippen molar-refractivity contribution >= 4 is 11.9 Å². The topological polar surface area (TPSA) is 66.4 Å². The minimum Gasteiger partial charge on any atom is -0.481 e. The Morgan fingerprint density at radius 2 is 1.87 bits per heavy atom. The highest BCUT2D eigenvalue weighted by Crippen LogP contribution is 2.20. The summed E-state index contributed by atoms with van der Waals surface area (Å²) in [5, 5.41) is 11.2. The average molecular weight is 215 g/mol. The van der Waals surface area contributed by atoms with Gasteiger partial charge in [-0.2, -0.15) is 0 Å². The third-order valence-corrected chi connectivity index (χ3v) is 1.99. The molecule has 0 heterocycles. The Morgan fingerprint density at radius 3 is 2.27 bits per heavy atom. The number of amides is 1. The molecule has 0 aliphatic heterocycles. The zero-order chi connectivity index (χ0) is 12.1. The molecule has 0 saturated carbocycles. The van der Waals surface area contributed by atoms with Crippen LogP contribution < -0.4 is 5.32 Å². The van der Waals surface area contributed by atoms with Crippen LogP contribution in [0.4, 0.5) is 0 Å². The fourth-order valence-corrected chi connectivity index (χ4v) is 1.15. The molecule has 15 heavy (non-hydrogen) atoms. The van der Waals surface area contributed by atoms with E-state index in [2.05, 4.69) is 26.1 Å². The number of carbonyl (C=O) groups is 2. The second-order valence-corrected chi connectivity index (χ2v) is 5.13. The number of hydrogen-bond donors (Lipinski definition) is 2. The fourth-order valence-electron chi connectivity index (χ4n) is 1.15. The van der Waals surface area contributed by atoms with Crippen LogP contribution in [0.5, 0.6) is 0 Å². The highest BCUT2D eigenvalue weighted by molar-refractivity contribution is 5.77. The van der Waals surface area contributed by atoms with Gasteiger partial charge in [0, 0.05) is 12.5 Å². The van der Waals surface area contributed by atoms with Crippen LogP contribution in [0.3, 0.4) is 0 Å². The van der Waals surface area contributed by atoms with Crippen LogP contribution in [-0.2, 0) is 9.59 Å². The monoisotopic (exact) mass is 215 g/mol. The quantitative estimate of drug-likeness (QED) is 0.734. The smallest absolute Gasteiger partial charge is 0.305 e. The molecule has 0 saturated heterocycles. The molecule has 2 N–H and O–H groups in total. The number of carbonyl (C=O) groups excluding carboxylic acids is 1. The summed E-state index contributed by atoms with van der Waals surface area (Å²) < 4.78 is 0. The summed E-state index contributed by atoms with van der Waals surface area (Å²) >= 11 is 0. The molecular formula is C11H21NO3. The zero-order valence-corrected chi connectivity index (χ0v) is 9.96. The molecule has 1 amide bonds. The van der Waals surface area contributed by atoms with E-state index in [1.54, 1.807) is 6.92 Å². The molecule has 0 rings (SSSR count). The van der Waals surface area contributed by atoms with Crippen molar-refractivity contribution in [2.24, 2.45) is 5.41 Å². The van der Waals surface area contributed by atoms with Crippen molar-refractivity contribution in [3.63, 3.8) is 0 Å². The first-order valence-corrected chi connectivity index (χ1v) is 5.22. The highest BCUT2D eigenvalue weighted by Gasteiger charge is 2.15. The molecule has 0 aliphatic rings. The SMILES string of the molecule is CC(CC(=O)O)NC(=O)CCC(C)(C)C. The summed E-state index contributed by atoms with van der Waals surface area (Å²) in [6.07, 6.45) is 1.23. The number of carboxylic acids is 1. The van der Waals surface area contributed by atoms with Crippen LogP contribution in [-0.4, -0.2) is 23.0 Å². The molecule has 1 atom stereocenters. The second-order valence-electron chi connectivity index (χ2n) is 5.13. The summed E-state index contributed by atoms with van der Waals surface area (Å²) in [6.45, 7) is 7.91. The molecule has 0 aromatic rings. The lowest BCUT2D eigenvalue weighted by atomic mass is 9.90. The predicted octanol–water partition coefficient (Wildman–Crippen LogP) is 1.79. The van der Waals surface area contributed by atoms with E-state index < -0.39 is 5.97 Å². The van der Waals surface area contributed by atoms with Gasteiger partial charge in [0.1, 0.15) is 0 Å². The van der Waals surface area contributed by atoms with Gasteiger partial charge in [0.15, 0.2) is 0 Å². The first-order chi connectivity index (χ1) is 6.70. The molecule has 1 unspecified atom stereocenters. The Labute approximate surface area is 91.1 Å². The Kier molecular flexibility index (Phi) is 5.33. The lowest BCUT2D eigenvalue weighted by Crippen LogP contribution is -2.34. The standard InChI is InChI=1S/C11H21NO3/c1-8(7-10(14)15)12-9(13)5-6-11(2,3)4/h8H,5-7H2,1-4H3,(H,12,13)(H,14,15). The number of aliphatic carboxylic acids is 1. The maximum atomic E-state index is 11.4. The van der Waals surface area contributed by atoms with Gasteiger partial charge in [-0.15, -0.1) is 0 Å². The summed E-state index contributed by atoms with van der Waals surface area (Å²) in [5.41, 5.74) is 0.132. The minimum absolute atomic E-state index is 0.0265. The molecule has 4 heteroatoms. The van der Waals surface area contributed by atoms with E-state index in [4.69, 9.17) is 5.11 Å². The van der Waals surface area contributed by atoms with Gasteiger partial charge in [0.2, 0.25) is 5.91 Å².